The molecule has 0 aromatic rings. The summed E-state index contributed by atoms with van der Waals surface area (Å²) in [6, 6.07) is 0. The van der Waals surface area contributed by atoms with E-state index in [4.69, 9.17) is 0 Å². The molecule has 52 valence electrons. The van der Waals surface area contributed by atoms with Crippen molar-refractivity contribution < 1.29 is 0 Å². The van der Waals surface area contributed by atoms with Crippen molar-refractivity contribution in [3.8, 4) is 0 Å². The molecule has 0 radical (unpaired) electrons. The average molecular weight is 142 g/mol. The molecule has 3 aliphatic rings. The van der Waals surface area contributed by atoms with Crippen LogP contribution in [0.3, 0.4) is 0 Å². The monoisotopic (exact) mass is 142 g/mol. The lowest BCUT2D eigenvalue weighted by Gasteiger charge is -2.37. The molecule has 2 bridgehead atoms. The predicted molar refractivity (Wildman–Crippen MR) is 43.5 cm³/mol. The van der Waals surface area contributed by atoms with Gasteiger partial charge < -0.3 is 0 Å². The molecular weight excluding hydrogens is 127 g/mol. The van der Waals surface area contributed by atoms with Crippen molar-refractivity contribution in [2.24, 2.45) is 11.8 Å². The maximum absolute atomic E-state index is 1.59. The highest BCUT2D eigenvalue weighted by Crippen LogP contribution is 2.42. The number of fused-ring (bicyclic) bond motifs is 4. The van der Waals surface area contributed by atoms with Crippen LogP contribution in [-0.4, -0.2) is 12.3 Å². The molecule has 1 saturated carbocycles. The van der Waals surface area contributed by atoms with E-state index >= 15 is 0 Å². The molecule has 2 aliphatic heterocycles. The number of hydrogen-bond acceptors (Lipinski definition) is 0. The second kappa shape index (κ2) is 2.58. The zero-order valence-corrected chi connectivity index (χ0v) is 6.90. The summed E-state index contributed by atoms with van der Waals surface area (Å²) in [7, 11) is 1.31. The normalized spacial score (nSPS) is 45.3. The molecular formula is C8H15P. The van der Waals surface area contributed by atoms with E-state index in [0.717, 1.165) is 0 Å². The van der Waals surface area contributed by atoms with Crippen LogP contribution in [0.2, 0.25) is 0 Å². The first kappa shape index (κ1) is 6.16. The Morgan fingerprint density at radius 2 is 2.00 bits per heavy atom. The largest absolute Gasteiger partial charge is 0.122 e. The lowest BCUT2D eigenvalue weighted by atomic mass is 9.74. The van der Waals surface area contributed by atoms with E-state index in [-0.39, 0.29) is 0 Å². The first-order valence-corrected chi connectivity index (χ1v) is 5.57. The minimum atomic E-state index is 1.17. The smallest absolute Gasteiger partial charge is 0.0325 e. The fraction of sp³-hybridized carbons (Fsp3) is 1.00. The molecule has 0 aromatic carbocycles. The Labute approximate surface area is 59.2 Å². The Morgan fingerprint density at radius 1 is 1.11 bits per heavy atom. The third-order valence-corrected chi connectivity index (χ3v) is 4.31. The zero-order chi connectivity index (χ0) is 6.10. The van der Waals surface area contributed by atoms with Crippen LogP contribution < -0.4 is 0 Å². The highest BCUT2D eigenvalue weighted by atomic mass is 31.1. The number of hydrogen-bond donors (Lipinski definition) is 0. The molecule has 9 heavy (non-hydrogen) atoms. The first-order valence-electron chi connectivity index (χ1n) is 4.16. The van der Waals surface area contributed by atoms with Gasteiger partial charge in [-0.15, -0.1) is 8.58 Å². The van der Waals surface area contributed by atoms with Crippen LogP contribution in [0.1, 0.15) is 25.7 Å². The topological polar surface area (TPSA) is 0 Å². The van der Waals surface area contributed by atoms with Gasteiger partial charge in [0.1, 0.15) is 0 Å². The van der Waals surface area contributed by atoms with Gasteiger partial charge >= 0.3 is 0 Å². The van der Waals surface area contributed by atoms with Crippen molar-refractivity contribution in [1.29, 1.82) is 0 Å². The second-order valence-electron chi connectivity index (χ2n) is 3.55. The van der Waals surface area contributed by atoms with Crippen LogP contribution in [0.15, 0.2) is 0 Å². The molecule has 2 saturated heterocycles. The SMILES string of the molecule is C1CPCC2CC(C1)C2. The molecule has 1 atom stereocenters. The van der Waals surface area contributed by atoms with Gasteiger partial charge in [-0.1, -0.05) is 6.42 Å². The number of rotatable bonds is 0. The van der Waals surface area contributed by atoms with Gasteiger partial charge in [0.05, 0.1) is 0 Å². The van der Waals surface area contributed by atoms with Gasteiger partial charge in [-0.2, -0.15) is 0 Å². The Morgan fingerprint density at radius 3 is 2.89 bits per heavy atom. The van der Waals surface area contributed by atoms with E-state index in [2.05, 4.69) is 0 Å². The molecule has 0 spiro atoms. The van der Waals surface area contributed by atoms with Gasteiger partial charge in [0.25, 0.3) is 0 Å². The Hall–Kier alpha value is 0.430. The highest BCUT2D eigenvalue weighted by Gasteiger charge is 2.29. The van der Waals surface area contributed by atoms with Gasteiger partial charge in [-0.25, -0.2) is 0 Å². The summed E-state index contributed by atoms with van der Waals surface area (Å²) in [5, 5.41) is 0. The van der Waals surface area contributed by atoms with Crippen LogP contribution in [0.5, 0.6) is 0 Å². The molecule has 3 rings (SSSR count). The van der Waals surface area contributed by atoms with Crippen LogP contribution in [0.25, 0.3) is 0 Å². The van der Waals surface area contributed by atoms with Gasteiger partial charge in [-0.05, 0) is 43.4 Å². The van der Waals surface area contributed by atoms with Crippen molar-refractivity contribution in [3.05, 3.63) is 0 Å². The van der Waals surface area contributed by atoms with Crippen LogP contribution >= 0.6 is 8.58 Å². The third-order valence-electron chi connectivity index (χ3n) is 2.73. The molecule has 0 aromatic heterocycles. The summed E-state index contributed by atoms with van der Waals surface area (Å²) in [4.78, 5) is 0. The summed E-state index contributed by atoms with van der Waals surface area (Å²) >= 11 is 0. The molecule has 1 heteroatoms. The van der Waals surface area contributed by atoms with E-state index in [1.807, 2.05) is 0 Å². The van der Waals surface area contributed by atoms with Crippen molar-refractivity contribution in [1.82, 2.24) is 0 Å². The quantitative estimate of drug-likeness (QED) is 0.456. The van der Waals surface area contributed by atoms with Gasteiger partial charge in [-0.3, -0.25) is 0 Å². The standard InChI is InChI=1S/C8H15P/c1-2-7-4-8(5-7)6-9-3-1/h7-9H,1-6H2. The fourth-order valence-corrected chi connectivity index (χ4v) is 3.50. The Balaban J connectivity index is 1.85. The first-order chi connectivity index (χ1) is 4.45. The minimum absolute atomic E-state index is 1.17. The molecule has 1 unspecified atom stereocenters. The van der Waals surface area contributed by atoms with Crippen LogP contribution in [0.4, 0.5) is 0 Å². The Bertz CT molecular complexity index is 79.2. The summed E-state index contributed by atoms with van der Waals surface area (Å²) < 4.78 is 0. The van der Waals surface area contributed by atoms with Crippen LogP contribution in [0, 0.1) is 11.8 Å². The van der Waals surface area contributed by atoms with Crippen molar-refractivity contribution >= 4 is 8.58 Å². The molecule has 0 nitrogen and oxygen atoms in total. The molecule has 2 heterocycles. The van der Waals surface area contributed by atoms with Gasteiger partial charge in [0.15, 0.2) is 0 Å². The molecule has 3 fully saturated rings. The lowest BCUT2D eigenvalue weighted by Crippen LogP contribution is -2.26. The maximum atomic E-state index is 1.59. The molecule has 0 amide bonds. The zero-order valence-electron chi connectivity index (χ0n) is 5.90. The average Bonchev–Trinajstić information content (AvgIpc) is 1.54. The van der Waals surface area contributed by atoms with E-state index < -0.39 is 0 Å². The summed E-state index contributed by atoms with van der Waals surface area (Å²) in [6.45, 7) is 0. The van der Waals surface area contributed by atoms with Crippen molar-refractivity contribution in [2.75, 3.05) is 12.3 Å². The fourth-order valence-electron chi connectivity index (χ4n) is 2.10. The van der Waals surface area contributed by atoms with Crippen molar-refractivity contribution in [3.63, 3.8) is 0 Å². The summed E-state index contributed by atoms with van der Waals surface area (Å²) in [5.41, 5.74) is 0. The highest BCUT2D eigenvalue weighted by molar-refractivity contribution is 7.37. The van der Waals surface area contributed by atoms with E-state index in [0.29, 0.717) is 0 Å². The lowest BCUT2D eigenvalue weighted by molar-refractivity contribution is 0.199. The van der Waals surface area contributed by atoms with Crippen molar-refractivity contribution in [2.45, 2.75) is 25.7 Å². The maximum Gasteiger partial charge on any atom is -0.0325 e. The van der Waals surface area contributed by atoms with E-state index in [9.17, 15) is 0 Å². The minimum Gasteiger partial charge on any atom is -0.122 e. The third kappa shape index (κ3) is 1.29. The Kier molecular flexibility index (Phi) is 1.77. The summed E-state index contributed by atoms with van der Waals surface area (Å²) in [6.07, 6.45) is 9.41. The molecule has 1 aliphatic carbocycles. The summed E-state index contributed by atoms with van der Waals surface area (Å²) in [5.74, 6) is 2.34. The van der Waals surface area contributed by atoms with E-state index in [1.165, 1.54) is 26.8 Å². The molecule has 0 N–H and O–H groups in total. The van der Waals surface area contributed by atoms with Crippen LogP contribution in [-0.2, 0) is 0 Å². The second-order valence-corrected chi connectivity index (χ2v) is 4.96. The van der Waals surface area contributed by atoms with E-state index in [1.54, 1.807) is 31.6 Å². The predicted octanol–water partition coefficient (Wildman–Crippen LogP) is 2.48. The van der Waals surface area contributed by atoms with Gasteiger partial charge in [0, 0.05) is 0 Å². The van der Waals surface area contributed by atoms with Gasteiger partial charge in [0.2, 0.25) is 0 Å².